The molecular weight excluding hydrogens is 392 g/mol. The second kappa shape index (κ2) is 7.69. The van der Waals surface area contributed by atoms with E-state index in [1.807, 2.05) is 41.9 Å². The third-order valence-corrected chi connectivity index (χ3v) is 4.17. The summed E-state index contributed by atoms with van der Waals surface area (Å²) in [5.74, 6) is 0.181. The van der Waals surface area contributed by atoms with Crippen LogP contribution >= 0.6 is 15.9 Å². The van der Waals surface area contributed by atoms with Crippen LogP contribution in [-0.2, 0) is 6.54 Å². The van der Waals surface area contributed by atoms with Gasteiger partial charge in [-0.05, 0) is 31.2 Å². The van der Waals surface area contributed by atoms with Crippen LogP contribution in [0.25, 0.3) is 11.3 Å². The lowest BCUT2D eigenvalue weighted by Gasteiger charge is -2.10. The highest BCUT2D eigenvalue weighted by molar-refractivity contribution is 9.10. The van der Waals surface area contributed by atoms with Gasteiger partial charge in [0, 0.05) is 28.5 Å². The number of nitrogens with zero attached hydrogens (tertiary/aromatic N) is 4. The molecule has 5 nitrogen and oxygen atoms in total. The van der Waals surface area contributed by atoms with Crippen molar-refractivity contribution in [3.8, 4) is 11.3 Å². The molecule has 0 radical (unpaired) electrons. The molecule has 0 fully saturated rings. The zero-order valence-corrected chi connectivity index (χ0v) is 15.0. The van der Waals surface area contributed by atoms with Gasteiger partial charge in [-0.25, -0.2) is 18.7 Å². The summed E-state index contributed by atoms with van der Waals surface area (Å²) in [6, 6.07) is 10.5. The highest BCUT2D eigenvalue weighted by Crippen LogP contribution is 2.25. The van der Waals surface area contributed by atoms with Crippen molar-refractivity contribution < 1.29 is 8.78 Å². The Balaban J connectivity index is 1.80. The van der Waals surface area contributed by atoms with Crippen molar-refractivity contribution in [2.24, 2.45) is 0 Å². The molecule has 0 bridgehead atoms. The Kier molecular flexibility index (Phi) is 5.37. The molecule has 0 unspecified atom stereocenters. The normalized spacial score (nSPS) is 11.1. The number of nitrogens with one attached hydrogen (secondary N) is 1. The minimum absolute atomic E-state index is 0.181. The first kappa shape index (κ1) is 17.5. The first-order valence-corrected chi connectivity index (χ1v) is 8.47. The van der Waals surface area contributed by atoms with Gasteiger partial charge in [-0.2, -0.15) is 5.10 Å². The number of rotatable bonds is 6. The Morgan fingerprint density at radius 3 is 2.56 bits per heavy atom. The Hall–Kier alpha value is -2.35. The van der Waals surface area contributed by atoms with E-state index in [1.54, 1.807) is 6.20 Å². The van der Waals surface area contributed by atoms with Crippen LogP contribution in [0.1, 0.15) is 17.8 Å². The van der Waals surface area contributed by atoms with Crippen LogP contribution in [-0.4, -0.2) is 26.3 Å². The molecule has 8 heteroatoms. The SMILES string of the molecule is Cc1ccnn1CCNc1nc(-c2ccc(Br)cc2)cc(C(F)F)n1. The van der Waals surface area contributed by atoms with Crippen LogP contribution in [0.2, 0.25) is 0 Å². The van der Waals surface area contributed by atoms with Crippen LogP contribution in [0.4, 0.5) is 14.7 Å². The fourth-order valence-corrected chi connectivity index (χ4v) is 2.60. The third kappa shape index (κ3) is 4.39. The van der Waals surface area contributed by atoms with E-state index in [1.165, 1.54) is 6.07 Å². The number of halogens is 3. The van der Waals surface area contributed by atoms with Gasteiger partial charge in [0.15, 0.2) is 0 Å². The molecule has 0 spiro atoms. The monoisotopic (exact) mass is 407 g/mol. The lowest BCUT2D eigenvalue weighted by atomic mass is 10.1. The number of alkyl halides is 2. The van der Waals surface area contributed by atoms with Gasteiger partial charge in [0.05, 0.1) is 12.2 Å². The number of aryl methyl sites for hydroxylation is 1. The van der Waals surface area contributed by atoms with Crippen LogP contribution in [0.5, 0.6) is 0 Å². The zero-order chi connectivity index (χ0) is 17.8. The molecule has 1 N–H and O–H groups in total. The molecule has 130 valence electrons. The second-order valence-corrected chi connectivity index (χ2v) is 6.35. The summed E-state index contributed by atoms with van der Waals surface area (Å²) in [4.78, 5) is 8.26. The number of benzene rings is 1. The van der Waals surface area contributed by atoms with E-state index in [4.69, 9.17) is 0 Å². The minimum Gasteiger partial charge on any atom is -0.352 e. The fourth-order valence-electron chi connectivity index (χ4n) is 2.33. The lowest BCUT2D eigenvalue weighted by Crippen LogP contribution is -2.15. The van der Waals surface area contributed by atoms with Gasteiger partial charge < -0.3 is 5.32 Å². The van der Waals surface area contributed by atoms with Crippen molar-refractivity contribution in [1.29, 1.82) is 0 Å². The molecule has 0 aliphatic heterocycles. The largest absolute Gasteiger partial charge is 0.352 e. The number of aromatic nitrogens is 4. The molecule has 25 heavy (non-hydrogen) atoms. The van der Waals surface area contributed by atoms with Crippen LogP contribution in [0, 0.1) is 6.92 Å². The Bertz CT molecular complexity index is 848. The maximum atomic E-state index is 13.2. The summed E-state index contributed by atoms with van der Waals surface area (Å²) in [6.07, 6.45) is -0.944. The second-order valence-electron chi connectivity index (χ2n) is 5.43. The van der Waals surface area contributed by atoms with Crippen LogP contribution in [0.15, 0.2) is 47.1 Å². The number of anilines is 1. The molecular formula is C17H16BrF2N5. The maximum absolute atomic E-state index is 13.2. The maximum Gasteiger partial charge on any atom is 0.280 e. The van der Waals surface area contributed by atoms with E-state index >= 15 is 0 Å². The summed E-state index contributed by atoms with van der Waals surface area (Å²) in [7, 11) is 0. The molecule has 0 saturated carbocycles. The average Bonchev–Trinajstić information content (AvgIpc) is 3.00. The quantitative estimate of drug-likeness (QED) is 0.655. The van der Waals surface area contributed by atoms with Crippen LogP contribution in [0.3, 0.4) is 0 Å². The van der Waals surface area contributed by atoms with E-state index in [0.29, 0.717) is 18.8 Å². The Morgan fingerprint density at radius 1 is 1.16 bits per heavy atom. The summed E-state index contributed by atoms with van der Waals surface area (Å²) < 4.78 is 29.1. The summed E-state index contributed by atoms with van der Waals surface area (Å²) in [5.41, 5.74) is 1.93. The first-order valence-electron chi connectivity index (χ1n) is 7.68. The molecule has 3 rings (SSSR count). The molecule has 2 heterocycles. The molecule has 0 aliphatic carbocycles. The zero-order valence-electron chi connectivity index (χ0n) is 13.5. The summed E-state index contributed by atoms with van der Waals surface area (Å²) in [6.45, 7) is 3.02. The van der Waals surface area contributed by atoms with Crippen molar-refractivity contribution in [3.05, 3.63) is 58.5 Å². The molecule has 0 amide bonds. The van der Waals surface area contributed by atoms with Crippen molar-refractivity contribution in [2.45, 2.75) is 19.9 Å². The fraction of sp³-hybridized carbons (Fsp3) is 0.235. The van der Waals surface area contributed by atoms with E-state index in [9.17, 15) is 8.78 Å². The van der Waals surface area contributed by atoms with Gasteiger partial charge in [0.1, 0.15) is 5.69 Å². The summed E-state index contributed by atoms with van der Waals surface area (Å²) >= 11 is 3.36. The van der Waals surface area contributed by atoms with E-state index in [0.717, 1.165) is 15.7 Å². The standard InChI is InChI=1S/C17H16BrF2N5/c1-11-6-7-22-25(11)9-8-21-17-23-14(10-15(24-17)16(19)20)12-2-4-13(18)5-3-12/h2-7,10,16H,8-9H2,1H3,(H,21,23,24). The topological polar surface area (TPSA) is 55.6 Å². The van der Waals surface area contributed by atoms with Gasteiger partial charge in [-0.1, -0.05) is 28.1 Å². The van der Waals surface area contributed by atoms with Crippen LogP contribution < -0.4 is 5.32 Å². The smallest absolute Gasteiger partial charge is 0.280 e. The summed E-state index contributed by atoms with van der Waals surface area (Å²) in [5, 5.41) is 7.18. The third-order valence-electron chi connectivity index (χ3n) is 3.65. The van der Waals surface area contributed by atoms with Gasteiger partial charge in [0.25, 0.3) is 6.43 Å². The van der Waals surface area contributed by atoms with Gasteiger partial charge in [0.2, 0.25) is 5.95 Å². The number of hydrogen-bond acceptors (Lipinski definition) is 4. The Labute approximate surface area is 152 Å². The molecule has 1 aromatic carbocycles. The molecule has 3 aromatic rings. The van der Waals surface area contributed by atoms with Crippen molar-refractivity contribution in [2.75, 3.05) is 11.9 Å². The highest BCUT2D eigenvalue weighted by Gasteiger charge is 2.14. The molecule has 0 aliphatic rings. The average molecular weight is 408 g/mol. The lowest BCUT2D eigenvalue weighted by molar-refractivity contribution is 0.146. The van der Waals surface area contributed by atoms with Gasteiger partial charge >= 0.3 is 0 Å². The first-order chi connectivity index (χ1) is 12.0. The molecule has 2 aromatic heterocycles. The van der Waals surface area contributed by atoms with Crippen molar-refractivity contribution >= 4 is 21.9 Å². The molecule has 0 atom stereocenters. The van der Waals surface area contributed by atoms with Crippen molar-refractivity contribution in [1.82, 2.24) is 19.7 Å². The minimum atomic E-state index is -2.66. The van der Waals surface area contributed by atoms with Gasteiger partial charge in [-0.3, -0.25) is 4.68 Å². The highest BCUT2D eigenvalue weighted by atomic mass is 79.9. The predicted octanol–water partition coefficient (Wildman–Crippen LogP) is 4.46. The van der Waals surface area contributed by atoms with E-state index < -0.39 is 6.43 Å². The predicted molar refractivity (Wildman–Crippen MR) is 95.6 cm³/mol. The van der Waals surface area contributed by atoms with E-state index in [2.05, 4.69) is 36.3 Å². The van der Waals surface area contributed by atoms with Gasteiger partial charge in [-0.15, -0.1) is 0 Å². The van der Waals surface area contributed by atoms with Crippen molar-refractivity contribution in [3.63, 3.8) is 0 Å². The van der Waals surface area contributed by atoms with E-state index in [-0.39, 0.29) is 11.6 Å². The Morgan fingerprint density at radius 2 is 1.92 bits per heavy atom. The molecule has 0 saturated heterocycles. The number of hydrogen-bond donors (Lipinski definition) is 1.